The Balaban J connectivity index is 1.50. The molecule has 0 saturated carbocycles. The number of benzene rings is 2. The third kappa shape index (κ3) is 4.92. The highest BCUT2D eigenvalue weighted by molar-refractivity contribution is 5.83. The molecule has 1 fully saturated rings. The number of amides is 1. The van der Waals surface area contributed by atoms with Gasteiger partial charge in [0.1, 0.15) is 0 Å². The second kappa shape index (κ2) is 9.09. The zero-order chi connectivity index (χ0) is 19.2. The molecule has 1 saturated heterocycles. The third-order valence-corrected chi connectivity index (χ3v) is 5.29. The molecule has 2 aromatic carbocycles. The van der Waals surface area contributed by atoms with Gasteiger partial charge in [0.15, 0.2) is 11.6 Å². The van der Waals surface area contributed by atoms with Crippen molar-refractivity contribution in [1.82, 2.24) is 10.2 Å². The fraction of sp³-hybridized carbons (Fsp3) is 0.409. The van der Waals surface area contributed by atoms with E-state index in [-0.39, 0.29) is 17.9 Å². The minimum Gasteiger partial charge on any atom is -0.342 e. The second-order valence-electron chi connectivity index (χ2n) is 7.10. The van der Waals surface area contributed by atoms with Crippen molar-refractivity contribution in [2.75, 3.05) is 13.1 Å². The monoisotopic (exact) mass is 372 g/mol. The van der Waals surface area contributed by atoms with Crippen LogP contribution in [0.3, 0.4) is 0 Å². The molecule has 1 N–H and O–H groups in total. The maximum absolute atomic E-state index is 13.3. The zero-order valence-electron chi connectivity index (χ0n) is 15.6. The van der Waals surface area contributed by atoms with Crippen LogP contribution in [0.2, 0.25) is 0 Å². The summed E-state index contributed by atoms with van der Waals surface area (Å²) in [5, 5.41) is 3.39. The summed E-state index contributed by atoms with van der Waals surface area (Å²) in [7, 11) is 0. The topological polar surface area (TPSA) is 32.3 Å². The third-order valence-electron chi connectivity index (χ3n) is 5.29. The van der Waals surface area contributed by atoms with Crippen molar-refractivity contribution in [3.8, 4) is 0 Å². The van der Waals surface area contributed by atoms with Crippen molar-refractivity contribution in [3.63, 3.8) is 0 Å². The first kappa shape index (κ1) is 19.5. The number of carbonyl (C=O) groups is 1. The quantitative estimate of drug-likeness (QED) is 0.823. The van der Waals surface area contributed by atoms with E-state index in [1.54, 1.807) is 6.07 Å². The van der Waals surface area contributed by atoms with E-state index in [2.05, 4.69) is 5.32 Å². The Hall–Kier alpha value is -2.27. The molecule has 1 unspecified atom stereocenters. The van der Waals surface area contributed by atoms with E-state index in [9.17, 15) is 13.6 Å². The maximum atomic E-state index is 13.3. The van der Waals surface area contributed by atoms with Crippen molar-refractivity contribution in [1.29, 1.82) is 0 Å². The summed E-state index contributed by atoms with van der Waals surface area (Å²) in [6, 6.07) is 14.2. The summed E-state index contributed by atoms with van der Waals surface area (Å²) in [6.45, 7) is 3.98. The lowest BCUT2D eigenvalue weighted by atomic mass is 9.93. The number of nitrogens with zero attached hydrogens (tertiary/aromatic N) is 1. The summed E-state index contributed by atoms with van der Waals surface area (Å²) >= 11 is 0. The summed E-state index contributed by atoms with van der Waals surface area (Å²) < 4.78 is 26.3. The Labute approximate surface area is 159 Å². The predicted octanol–water partition coefficient (Wildman–Crippen LogP) is 4.24. The van der Waals surface area contributed by atoms with Gasteiger partial charge in [-0.2, -0.15) is 0 Å². The van der Waals surface area contributed by atoms with Crippen molar-refractivity contribution in [3.05, 3.63) is 71.3 Å². The SMILES string of the molecule is CCC(C(=O)N1CCC(NCc2ccc(F)c(F)c2)CC1)c1ccccc1. The molecule has 1 heterocycles. The average Bonchev–Trinajstić information content (AvgIpc) is 2.70. The summed E-state index contributed by atoms with van der Waals surface area (Å²) in [5.41, 5.74) is 1.80. The average molecular weight is 372 g/mol. The molecule has 1 atom stereocenters. The maximum Gasteiger partial charge on any atom is 0.230 e. The molecule has 2 aromatic rings. The Morgan fingerprint density at radius 2 is 1.81 bits per heavy atom. The van der Waals surface area contributed by atoms with Gasteiger partial charge >= 0.3 is 0 Å². The van der Waals surface area contributed by atoms with Gasteiger partial charge in [-0.3, -0.25) is 4.79 Å². The van der Waals surface area contributed by atoms with E-state index in [0.29, 0.717) is 6.54 Å². The van der Waals surface area contributed by atoms with Gasteiger partial charge in [-0.1, -0.05) is 43.3 Å². The number of hydrogen-bond acceptors (Lipinski definition) is 2. The molecule has 0 aromatic heterocycles. The number of likely N-dealkylation sites (tertiary alicyclic amines) is 1. The first-order chi connectivity index (χ1) is 13.1. The van der Waals surface area contributed by atoms with Crippen LogP contribution in [0.5, 0.6) is 0 Å². The second-order valence-corrected chi connectivity index (χ2v) is 7.10. The van der Waals surface area contributed by atoms with Gasteiger partial charge < -0.3 is 10.2 Å². The Bertz CT molecular complexity index is 758. The first-order valence-electron chi connectivity index (χ1n) is 9.59. The highest BCUT2D eigenvalue weighted by Gasteiger charge is 2.28. The van der Waals surface area contributed by atoms with E-state index in [0.717, 1.165) is 49.5 Å². The van der Waals surface area contributed by atoms with Crippen LogP contribution in [-0.4, -0.2) is 29.9 Å². The van der Waals surface area contributed by atoms with Crippen LogP contribution in [0.15, 0.2) is 48.5 Å². The normalized spacial score (nSPS) is 16.3. The number of rotatable bonds is 6. The number of nitrogens with one attached hydrogen (secondary N) is 1. The number of piperidine rings is 1. The molecule has 5 heteroatoms. The van der Waals surface area contributed by atoms with E-state index in [4.69, 9.17) is 0 Å². The van der Waals surface area contributed by atoms with Crippen LogP contribution in [0.1, 0.15) is 43.2 Å². The Kier molecular flexibility index (Phi) is 6.56. The highest BCUT2D eigenvalue weighted by Crippen LogP contribution is 2.24. The number of halogens is 2. The molecule has 1 aliphatic heterocycles. The minimum atomic E-state index is -0.825. The molecule has 1 amide bonds. The van der Waals surface area contributed by atoms with Crippen molar-refractivity contribution >= 4 is 5.91 Å². The standard InChI is InChI=1S/C22H26F2N2O/c1-2-19(17-6-4-3-5-7-17)22(27)26-12-10-18(11-13-26)25-15-16-8-9-20(23)21(24)14-16/h3-9,14,18-19,25H,2,10-13,15H2,1H3. The molecule has 3 nitrogen and oxygen atoms in total. The van der Waals surface area contributed by atoms with Crippen molar-refractivity contribution in [2.45, 2.75) is 44.7 Å². The Morgan fingerprint density at radius 1 is 1.11 bits per heavy atom. The van der Waals surface area contributed by atoms with Crippen LogP contribution in [0, 0.1) is 11.6 Å². The molecule has 144 valence electrons. The first-order valence-corrected chi connectivity index (χ1v) is 9.59. The van der Waals surface area contributed by atoms with Crippen LogP contribution in [0.25, 0.3) is 0 Å². The van der Waals surface area contributed by atoms with Crippen molar-refractivity contribution < 1.29 is 13.6 Å². The fourth-order valence-corrected chi connectivity index (χ4v) is 3.67. The summed E-state index contributed by atoms with van der Waals surface area (Å²) in [6.07, 6.45) is 2.51. The van der Waals surface area contributed by atoms with Crippen LogP contribution in [-0.2, 0) is 11.3 Å². The number of hydrogen-bond donors (Lipinski definition) is 1. The molecule has 3 rings (SSSR count). The van der Waals surface area contributed by atoms with Gasteiger partial charge in [-0.25, -0.2) is 8.78 Å². The van der Waals surface area contributed by atoms with E-state index >= 15 is 0 Å². The summed E-state index contributed by atoms with van der Waals surface area (Å²) in [4.78, 5) is 14.9. The molecule has 27 heavy (non-hydrogen) atoms. The minimum absolute atomic E-state index is 0.0853. The molecule has 0 aliphatic carbocycles. The van der Waals surface area contributed by atoms with Crippen molar-refractivity contribution in [2.24, 2.45) is 0 Å². The lowest BCUT2D eigenvalue weighted by molar-refractivity contribution is -0.134. The van der Waals surface area contributed by atoms with Crippen LogP contribution in [0.4, 0.5) is 8.78 Å². The van der Waals surface area contributed by atoms with Gasteiger partial charge in [-0.05, 0) is 42.5 Å². The van der Waals surface area contributed by atoms with E-state index in [1.807, 2.05) is 42.2 Å². The molecule has 1 aliphatic rings. The van der Waals surface area contributed by atoms with E-state index in [1.165, 1.54) is 6.07 Å². The molecule has 0 radical (unpaired) electrons. The number of carbonyl (C=O) groups excluding carboxylic acids is 1. The smallest absolute Gasteiger partial charge is 0.230 e. The lowest BCUT2D eigenvalue weighted by Gasteiger charge is -2.34. The van der Waals surface area contributed by atoms with Gasteiger partial charge in [0.2, 0.25) is 5.91 Å². The summed E-state index contributed by atoms with van der Waals surface area (Å²) in [5.74, 6) is -1.53. The van der Waals surface area contributed by atoms with Crippen LogP contribution < -0.4 is 5.32 Å². The van der Waals surface area contributed by atoms with Crippen LogP contribution >= 0.6 is 0 Å². The zero-order valence-corrected chi connectivity index (χ0v) is 15.6. The molecular formula is C22H26F2N2O. The van der Waals surface area contributed by atoms with Gasteiger partial charge in [0, 0.05) is 25.7 Å². The molecule has 0 bridgehead atoms. The predicted molar refractivity (Wildman–Crippen MR) is 102 cm³/mol. The fourth-order valence-electron chi connectivity index (χ4n) is 3.67. The van der Waals surface area contributed by atoms with E-state index < -0.39 is 11.6 Å². The highest BCUT2D eigenvalue weighted by atomic mass is 19.2. The van der Waals surface area contributed by atoms with Gasteiger partial charge in [0.25, 0.3) is 0 Å². The lowest BCUT2D eigenvalue weighted by Crippen LogP contribution is -2.46. The molecular weight excluding hydrogens is 346 g/mol. The molecule has 0 spiro atoms. The van der Waals surface area contributed by atoms with Gasteiger partial charge in [-0.15, -0.1) is 0 Å². The largest absolute Gasteiger partial charge is 0.342 e. The Morgan fingerprint density at radius 3 is 2.44 bits per heavy atom. The van der Waals surface area contributed by atoms with Gasteiger partial charge in [0.05, 0.1) is 5.92 Å².